The number of nitrogens with zero attached hydrogens (tertiary/aromatic N) is 2. The van der Waals surface area contributed by atoms with Gasteiger partial charge in [0.25, 0.3) is 5.91 Å². The highest BCUT2D eigenvalue weighted by molar-refractivity contribution is 5.98. The molecule has 0 N–H and O–H groups in total. The molecule has 1 aliphatic rings. The summed E-state index contributed by atoms with van der Waals surface area (Å²) < 4.78 is 27.0. The Morgan fingerprint density at radius 2 is 1.83 bits per heavy atom. The van der Waals surface area contributed by atoms with E-state index in [1.54, 1.807) is 29.3 Å². The molecule has 2 heterocycles. The molecule has 124 valence electrons. The van der Waals surface area contributed by atoms with E-state index < -0.39 is 23.3 Å². The first kappa shape index (κ1) is 16.2. The highest BCUT2D eigenvalue weighted by atomic mass is 19.1. The third-order valence-corrected chi connectivity index (χ3v) is 4.23. The molecule has 3 rings (SSSR count). The highest BCUT2D eigenvalue weighted by Gasteiger charge is 2.30. The summed E-state index contributed by atoms with van der Waals surface area (Å²) in [4.78, 5) is 30.4. The Morgan fingerprint density at radius 3 is 2.50 bits per heavy atom. The molecule has 0 unspecified atom stereocenters. The first-order valence-electron chi connectivity index (χ1n) is 7.76. The van der Waals surface area contributed by atoms with Crippen molar-refractivity contribution < 1.29 is 18.4 Å². The average molecular weight is 330 g/mol. The fraction of sp³-hybridized carbons (Fsp3) is 0.278. The van der Waals surface area contributed by atoms with Crippen LogP contribution in [0, 0.1) is 17.6 Å². The standard InChI is InChI=1S/C18H16F2N2O2/c19-13-4-5-15(20)14(11-13)17(23)12-6-9-22(10-7-12)18(24)16-3-1-2-8-21-16/h1-5,8,11-12H,6-7,9-10H2. The second-order valence-corrected chi connectivity index (χ2v) is 5.77. The number of benzene rings is 1. The van der Waals surface area contributed by atoms with Crippen molar-refractivity contribution in [2.45, 2.75) is 12.8 Å². The Balaban J connectivity index is 1.66. The van der Waals surface area contributed by atoms with E-state index in [-0.39, 0.29) is 11.5 Å². The van der Waals surface area contributed by atoms with Crippen molar-refractivity contribution in [2.75, 3.05) is 13.1 Å². The first-order chi connectivity index (χ1) is 11.6. The molecule has 1 saturated heterocycles. The molecular formula is C18H16F2N2O2. The molecule has 24 heavy (non-hydrogen) atoms. The van der Waals surface area contributed by atoms with Crippen molar-refractivity contribution in [3.63, 3.8) is 0 Å². The smallest absolute Gasteiger partial charge is 0.272 e. The van der Waals surface area contributed by atoms with Crippen LogP contribution < -0.4 is 0 Å². The Morgan fingerprint density at radius 1 is 1.08 bits per heavy atom. The number of carbonyl (C=O) groups excluding carboxylic acids is 2. The largest absolute Gasteiger partial charge is 0.337 e. The molecule has 0 spiro atoms. The van der Waals surface area contributed by atoms with Crippen LogP contribution in [0.15, 0.2) is 42.6 Å². The number of hydrogen-bond acceptors (Lipinski definition) is 3. The maximum Gasteiger partial charge on any atom is 0.272 e. The molecule has 1 aromatic carbocycles. The summed E-state index contributed by atoms with van der Waals surface area (Å²) in [5.74, 6) is -2.35. The number of hydrogen-bond donors (Lipinski definition) is 0. The zero-order valence-corrected chi connectivity index (χ0v) is 12.9. The van der Waals surface area contributed by atoms with Gasteiger partial charge in [-0.1, -0.05) is 6.07 Å². The van der Waals surface area contributed by atoms with Crippen molar-refractivity contribution >= 4 is 11.7 Å². The molecule has 0 atom stereocenters. The van der Waals surface area contributed by atoms with Crippen LogP contribution in [0.2, 0.25) is 0 Å². The van der Waals surface area contributed by atoms with Crippen LogP contribution in [0.1, 0.15) is 33.7 Å². The maximum atomic E-state index is 13.7. The second-order valence-electron chi connectivity index (χ2n) is 5.77. The van der Waals surface area contributed by atoms with Crippen LogP contribution in [0.5, 0.6) is 0 Å². The topological polar surface area (TPSA) is 50.3 Å². The Kier molecular flexibility index (Phi) is 4.64. The van der Waals surface area contributed by atoms with Crippen molar-refractivity contribution in [3.05, 3.63) is 65.5 Å². The molecule has 0 aliphatic carbocycles. The molecule has 1 aliphatic heterocycles. The molecule has 0 bridgehead atoms. The van der Waals surface area contributed by atoms with Gasteiger partial charge in [-0.25, -0.2) is 8.78 Å². The van der Waals surface area contributed by atoms with Crippen molar-refractivity contribution in [2.24, 2.45) is 5.92 Å². The highest BCUT2D eigenvalue weighted by Crippen LogP contribution is 2.24. The quantitative estimate of drug-likeness (QED) is 0.813. The summed E-state index contributed by atoms with van der Waals surface area (Å²) >= 11 is 0. The summed E-state index contributed by atoms with van der Waals surface area (Å²) in [6, 6.07) is 7.99. The van der Waals surface area contributed by atoms with Crippen LogP contribution in [0.25, 0.3) is 0 Å². The molecule has 6 heteroatoms. The number of Topliss-reactive ketones (excluding diaryl/α,β-unsaturated/α-hetero) is 1. The van der Waals surface area contributed by atoms with E-state index in [1.165, 1.54) is 0 Å². The van der Waals surface area contributed by atoms with E-state index in [1.807, 2.05) is 0 Å². The predicted molar refractivity (Wildman–Crippen MR) is 83.6 cm³/mol. The lowest BCUT2D eigenvalue weighted by Crippen LogP contribution is -2.40. The number of carbonyl (C=O) groups is 2. The fourth-order valence-corrected chi connectivity index (χ4v) is 2.90. The molecule has 0 saturated carbocycles. The summed E-state index contributed by atoms with van der Waals surface area (Å²) in [7, 11) is 0. The molecular weight excluding hydrogens is 314 g/mol. The Bertz CT molecular complexity index is 757. The molecule has 2 aromatic rings. The van der Waals surface area contributed by atoms with Gasteiger partial charge in [-0.3, -0.25) is 14.6 Å². The van der Waals surface area contributed by atoms with E-state index in [9.17, 15) is 18.4 Å². The van der Waals surface area contributed by atoms with Gasteiger partial charge < -0.3 is 4.90 Å². The van der Waals surface area contributed by atoms with Crippen LogP contribution >= 0.6 is 0 Å². The van der Waals surface area contributed by atoms with Gasteiger partial charge in [0, 0.05) is 25.2 Å². The Hall–Kier alpha value is -2.63. The molecule has 4 nitrogen and oxygen atoms in total. The van der Waals surface area contributed by atoms with Crippen LogP contribution in [0.3, 0.4) is 0 Å². The average Bonchev–Trinajstić information content (AvgIpc) is 2.63. The third kappa shape index (κ3) is 3.32. The Labute approximate surface area is 138 Å². The number of piperidine rings is 1. The van der Waals surface area contributed by atoms with Crippen LogP contribution in [-0.4, -0.2) is 34.7 Å². The van der Waals surface area contributed by atoms with Gasteiger partial charge in [0.1, 0.15) is 17.3 Å². The number of amides is 1. The normalized spacial score (nSPS) is 15.3. The van der Waals surface area contributed by atoms with Gasteiger partial charge in [-0.15, -0.1) is 0 Å². The van der Waals surface area contributed by atoms with Crippen LogP contribution in [-0.2, 0) is 0 Å². The van der Waals surface area contributed by atoms with Crippen molar-refractivity contribution in [3.8, 4) is 0 Å². The number of rotatable bonds is 3. The van der Waals surface area contributed by atoms with E-state index in [0.29, 0.717) is 31.6 Å². The minimum absolute atomic E-state index is 0.182. The van der Waals surface area contributed by atoms with E-state index in [0.717, 1.165) is 18.2 Å². The summed E-state index contributed by atoms with van der Waals surface area (Å²) in [5.41, 5.74) is 0.142. The van der Waals surface area contributed by atoms with Gasteiger partial charge in [0.2, 0.25) is 0 Å². The fourth-order valence-electron chi connectivity index (χ4n) is 2.90. The zero-order valence-electron chi connectivity index (χ0n) is 12.9. The summed E-state index contributed by atoms with van der Waals surface area (Å²) in [6.45, 7) is 0.783. The van der Waals surface area contributed by atoms with Gasteiger partial charge in [-0.05, 0) is 43.2 Å². The zero-order chi connectivity index (χ0) is 17.1. The molecule has 1 fully saturated rings. The SMILES string of the molecule is O=C(c1cc(F)ccc1F)C1CCN(C(=O)c2ccccn2)CC1. The minimum Gasteiger partial charge on any atom is -0.337 e. The maximum absolute atomic E-state index is 13.7. The van der Waals surface area contributed by atoms with E-state index in [4.69, 9.17) is 0 Å². The van der Waals surface area contributed by atoms with E-state index >= 15 is 0 Å². The number of halogens is 2. The molecule has 1 aromatic heterocycles. The van der Waals surface area contributed by atoms with Crippen molar-refractivity contribution in [1.29, 1.82) is 0 Å². The lowest BCUT2D eigenvalue weighted by molar-refractivity contribution is 0.0644. The lowest BCUT2D eigenvalue weighted by atomic mass is 9.88. The molecule has 0 radical (unpaired) electrons. The number of pyridine rings is 1. The molecule has 1 amide bonds. The van der Waals surface area contributed by atoms with E-state index in [2.05, 4.69) is 4.98 Å². The summed E-state index contributed by atoms with van der Waals surface area (Å²) in [6.07, 6.45) is 2.40. The third-order valence-electron chi connectivity index (χ3n) is 4.23. The van der Waals surface area contributed by atoms with Crippen molar-refractivity contribution in [1.82, 2.24) is 9.88 Å². The van der Waals surface area contributed by atoms with Gasteiger partial charge >= 0.3 is 0 Å². The second kappa shape index (κ2) is 6.86. The first-order valence-corrected chi connectivity index (χ1v) is 7.76. The lowest BCUT2D eigenvalue weighted by Gasteiger charge is -2.31. The number of aromatic nitrogens is 1. The van der Waals surface area contributed by atoms with Gasteiger partial charge in [-0.2, -0.15) is 0 Å². The monoisotopic (exact) mass is 330 g/mol. The number of ketones is 1. The van der Waals surface area contributed by atoms with Crippen LogP contribution in [0.4, 0.5) is 8.78 Å². The minimum atomic E-state index is -0.714. The number of likely N-dealkylation sites (tertiary alicyclic amines) is 1. The summed E-state index contributed by atoms with van der Waals surface area (Å²) in [5, 5.41) is 0. The van der Waals surface area contributed by atoms with Gasteiger partial charge in [0.05, 0.1) is 5.56 Å². The van der Waals surface area contributed by atoms with Gasteiger partial charge in [0.15, 0.2) is 5.78 Å². The predicted octanol–water partition coefficient (Wildman–Crippen LogP) is 3.09.